The van der Waals surface area contributed by atoms with Crippen molar-refractivity contribution in [2.75, 3.05) is 19.6 Å². The fourth-order valence-corrected chi connectivity index (χ4v) is 1.78. The average Bonchev–Trinajstić information content (AvgIpc) is 2.18. The van der Waals surface area contributed by atoms with Gasteiger partial charge in [-0.05, 0) is 44.5 Å². The molecule has 2 heteroatoms. The Hall–Kier alpha value is -1.02. The first kappa shape index (κ1) is 12.1. The Labute approximate surface area is 92.6 Å². The third-order valence-electron chi connectivity index (χ3n) is 2.54. The maximum absolute atomic E-state index is 8.96. The third-order valence-corrected chi connectivity index (χ3v) is 2.54. The van der Waals surface area contributed by atoms with Gasteiger partial charge in [-0.3, -0.25) is 4.90 Å². The van der Waals surface area contributed by atoms with E-state index in [2.05, 4.69) is 11.5 Å². The number of likely N-dealkylation sites (tertiary alicyclic amines) is 1. The smallest absolute Gasteiger partial charge is 0.0891 e. The number of rotatable bonds is 4. The van der Waals surface area contributed by atoms with Crippen molar-refractivity contribution in [2.45, 2.75) is 26.2 Å². The van der Waals surface area contributed by atoms with Crippen LogP contribution in [0.15, 0.2) is 36.1 Å². The van der Waals surface area contributed by atoms with Gasteiger partial charge >= 0.3 is 0 Å². The molecule has 1 rings (SSSR count). The van der Waals surface area contributed by atoms with Gasteiger partial charge < -0.3 is 5.11 Å². The van der Waals surface area contributed by atoms with Crippen molar-refractivity contribution in [1.29, 1.82) is 0 Å². The lowest BCUT2D eigenvalue weighted by Crippen LogP contribution is -2.30. The number of piperidine rings is 1. The van der Waals surface area contributed by atoms with E-state index in [0.29, 0.717) is 5.76 Å². The van der Waals surface area contributed by atoms with Crippen molar-refractivity contribution >= 4 is 0 Å². The standard InChI is InChI=1S/C13H21NO/c1-12(7-6-8-13(2)15)11-14-9-4-3-5-10-14/h6-8,15H,1,3-5,9-11H2,2H3/b7-6-,13-8+. The maximum Gasteiger partial charge on any atom is 0.0891 e. The molecule has 1 saturated heterocycles. The summed E-state index contributed by atoms with van der Waals surface area (Å²) in [4.78, 5) is 2.44. The molecule has 0 aliphatic carbocycles. The van der Waals surface area contributed by atoms with Crippen LogP contribution in [-0.4, -0.2) is 29.6 Å². The largest absolute Gasteiger partial charge is 0.513 e. The van der Waals surface area contributed by atoms with Crippen LogP contribution in [0.3, 0.4) is 0 Å². The van der Waals surface area contributed by atoms with Crippen LogP contribution in [0, 0.1) is 0 Å². The normalized spacial score (nSPS) is 19.7. The molecule has 0 aromatic rings. The molecule has 0 saturated carbocycles. The lowest BCUT2D eigenvalue weighted by atomic mass is 10.1. The van der Waals surface area contributed by atoms with E-state index in [1.165, 1.54) is 32.4 Å². The molecule has 0 aromatic carbocycles. The summed E-state index contributed by atoms with van der Waals surface area (Å²) in [6.45, 7) is 9.02. The molecule has 0 atom stereocenters. The number of hydrogen-bond donors (Lipinski definition) is 1. The van der Waals surface area contributed by atoms with Crippen LogP contribution in [0.4, 0.5) is 0 Å². The van der Waals surface area contributed by atoms with Gasteiger partial charge in [0.2, 0.25) is 0 Å². The molecule has 1 heterocycles. The average molecular weight is 207 g/mol. The quantitative estimate of drug-likeness (QED) is 0.566. The molecule has 0 spiro atoms. The van der Waals surface area contributed by atoms with Crippen LogP contribution < -0.4 is 0 Å². The van der Waals surface area contributed by atoms with Gasteiger partial charge in [-0.1, -0.05) is 25.2 Å². The lowest BCUT2D eigenvalue weighted by Gasteiger charge is -2.26. The van der Waals surface area contributed by atoms with Crippen LogP contribution in [0.25, 0.3) is 0 Å². The van der Waals surface area contributed by atoms with Crippen LogP contribution in [-0.2, 0) is 0 Å². The highest BCUT2D eigenvalue weighted by Gasteiger charge is 2.09. The predicted octanol–water partition coefficient (Wildman–Crippen LogP) is 3.05. The zero-order chi connectivity index (χ0) is 11.1. The molecule has 1 aliphatic rings. The van der Waals surface area contributed by atoms with E-state index in [1.54, 1.807) is 13.0 Å². The van der Waals surface area contributed by atoms with Gasteiger partial charge in [0.15, 0.2) is 0 Å². The molecule has 1 aliphatic heterocycles. The molecule has 0 radical (unpaired) electrons. The van der Waals surface area contributed by atoms with Gasteiger partial charge in [-0.15, -0.1) is 0 Å². The van der Waals surface area contributed by atoms with Gasteiger partial charge in [-0.25, -0.2) is 0 Å². The number of aliphatic hydroxyl groups is 1. The van der Waals surface area contributed by atoms with Gasteiger partial charge in [0.25, 0.3) is 0 Å². The highest BCUT2D eigenvalue weighted by Crippen LogP contribution is 2.10. The van der Waals surface area contributed by atoms with Crippen molar-refractivity contribution in [3.05, 3.63) is 36.1 Å². The minimum absolute atomic E-state index is 0.331. The zero-order valence-electron chi connectivity index (χ0n) is 9.58. The molecule has 0 aromatic heterocycles. The Kier molecular flexibility index (Phi) is 5.19. The number of nitrogens with zero attached hydrogens (tertiary/aromatic N) is 1. The highest BCUT2D eigenvalue weighted by atomic mass is 16.3. The monoisotopic (exact) mass is 207 g/mol. The second-order valence-corrected chi connectivity index (χ2v) is 4.16. The second-order valence-electron chi connectivity index (χ2n) is 4.16. The van der Waals surface area contributed by atoms with E-state index in [0.717, 1.165) is 12.1 Å². The predicted molar refractivity (Wildman–Crippen MR) is 65.0 cm³/mol. The first-order chi connectivity index (χ1) is 7.18. The van der Waals surface area contributed by atoms with E-state index < -0.39 is 0 Å². The first-order valence-electron chi connectivity index (χ1n) is 5.62. The van der Waals surface area contributed by atoms with Crippen LogP contribution in [0.1, 0.15) is 26.2 Å². The summed E-state index contributed by atoms with van der Waals surface area (Å²) in [7, 11) is 0. The SMILES string of the molecule is C=C(/C=C\C=C(/C)O)CN1CCCCC1. The molecule has 0 unspecified atom stereocenters. The van der Waals surface area contributed by atoms with Crippen molar-refractivity contribution in [3.63, 3.8) is 0 Å². The number of allylic oxidation sites excluding steroid dienone is 3. The summed E-state index contributed by atoms with van der Waals surface area (Å²) in [5.41, 5.74) is 1.11. The Balaban J connectivity index is 2.28. The summed E-state index contributed by atoms with van der Waals surface area (Å²) in [5.74, 6) is 0.331. The molecule has 15 heavy (non-hydrogen) atoms. The Morgan fingerprint density at radius 1 is 1.33 bits per heavy atom. The zero-order valence-corrected chi connectivity index (χ0v) is 9.58. The van der Waals surface area contributed by atoms with Crippen LogP contribution >= 0.6 is 0 Å². The van der Waals surface area contributed by atoms with Crippen molar-refractivity contribution in [1.82, 2.24) is 4.90 Å². The highest BCUT2D eigenvalue weighted by molar-refractivity contribution is 5.21. The summed E-state index contributed by atoms with van der Waals surface area (Å²) >= 11 is 0. The molecule has 1 fully saturated rings. The summed E-state index contributed by atoms with van der Waals surface area (Å²) in [5, 5.41) is 8.96. The molecule has 1 N–H and O–H groups in total. The van der Waals surface area contributed by atoms with E-state index in [-0.39, 0.29) is 0 Å². The molecular formula is C13H21NO. The molecule has 2 nitrogen and oxygen atoms in total. The van der Waals surface area contributed by atoms with Crippen molar-refractivity contribution in [2.24, 2.45) is 0 Å². The van der Waals surface area contributed by atoms with E-state index >= 15 is 0 Å². The van der Waals surface area contributed by atoms with Crippen LogP contribution in [0.5, 0.6) is 0 Å². The van der Waals surface area contributed by atoms with Gasteiger partial charge in [0, 0.05) is 6.54 Å². The van der Waals surface area contributed by atoms with Crippen molar-refractivity contribution in [3.8, 4) is 0 Å². The summed E-state index contributed by atoms with van der Waals surface area (Å²) < 4.78 is 0. The molecule has 84 valence electrons. The topological polar surface area (TPSA) is 23.5 Å². The fourth-order valence-electron chi connectivity index (χ4n) is 1.78. The maximum atomic E-state index is 8.96. The van der Waals surface area contributed by atoms with Gasteiger partial charge in [0.05, 0.1) is 5.76 Å². The third kappa shape index (κ3) is 5.43. The first-order valence-corrected chi connectivity index (χ1v) is 5.62. The minimum Gasteiger partial charge on any atom is -0.513 e. The summed E-state index contributed by atoms with van der Waals surface area (Å²) in [6.07, 6.45) is 9.49. The Morgan fingerprint density at radius 3 is 2.60 bits per heavy atom. The Morgan fingerprint density at radius 2 is 2.00 bits per heavy atom. The van der Waals surface area contributed by atoms with E-state index in [9.17, 15) is 0 Å². The number of hydrogen-bond acceptors (Lipinski definition) is 2. The minimum atomic E-state index is 0.331. The summed E-state index contributed by atoms with van der Waals surface area (Å²) in [6, 6.07) is 0. The van der Waals surface area contributed by atoms with Gasteiger partial charge in [0.1, 0.15) is 0 Å². The van der Waals surface area contributed by atoms with E-state index in [4.69, 9.17) is 5.11 Å². The van der Waals surface area contributed by atoms with E-state index in [1.807, 2.05) is 12.2 Å². The molecular weight excluding hydrogens is 186 g/mol. The Bertz CT molecular complexity index is 256. The lowest BCUT2D eigenvalue weighted by molar-refractivity contribution is 0.248. The number of aliphatic hydroxyl groups excluding tert-OH is 1. The molecule has 0 bridgehead atoms. The molecule has 0 amide bonds. The van der Waals surface area contributed by atoms with Crippen molar-refractivity contribution < 1.29 is 5.11 Å². The van der Waals surface area contributed by atoms with Crippen LogP contribution in [0.2, 0.25) is 0 Å². The second kappa shape index (κ2) is 6.46. The fraction of sp³-hybridized carbons (Fsp3) is 0.538. The van der Waals surface area contributed by atoms with Gasteiger partial charge in [-0.2, -0.15) is 0 Å².